The highest BCUT2D eigenvalue weighted by atomic mass is 16.1. The van der Waals surface area contributed by atoms with Gasteiger partial charge < -0.3 is 10.6 Å². The largest absolute Gasteiger partial charge is 0.354 e. The van der Waals surface area contributed by atoms with Gasteiger partial charge in [0.1, 0.15) is 0 Å². The lowest BCUT2D eigenvalue weighted by molar-refractivity contribution is -0.122. The number of pyridine rings is 1. The van der Waals surface area contributed by atoms with Crippen molar-refractivity contribution in [3.63, 3.8) is 0 Å². The smallest absolute Gasteiger partial charge is 0.243 e. The maximum absolute atomic E-state index is 11.1. The molecule has 1 atom stereocenters. The van der Waals surface area contributed by atoms with Gasteiger partial charge in [0, 0.05) is 25.2 Å². The molecule has 1 aliphatic rings. The zero-order valence-corrected chi connectivity index (χ0v) is 10.2. The summed E-state index contributed by atoms with van der Waals surface area (Å²) in [5.74, 6) is 0.730. The second kappa shape index (κ2) is 4.29. The van der Waals surface area contributed by atoms with Crippen LogP contribution < -0.4 is 10.6 Å². The van der Waals surface area contributed by atoms with Crippen molar-refractivity contribution in [1.29, 1.82) is 0 Å². The number of anilines is 1. The van der Waals surface area contributed by atoms with E-state index in [0.29, 0.717) is 18.9 Å². The molecule has 18 heavy (non-hydrogen) atoms. The van der Waals surface area contributed by atoms with Gasteiger partial charge in [0.2, 0.25) is 11.9 Å². The number of rotatable bonds is 2. The quantitative estimate of drug-likeness (QED) is 0.818. The fraction of sp³-hybridized carbons (Fsp3) is 0.417. The molecule has 0 radical (unpaired) electrons. The van der Waals surface area contributed by atoms with Gasteiger partial charge in [0.15, 0.2) is 5.65 Å². The second-order valence-electron chi connectivity index (χ2n) is 4.63. The minimum absolute atomic E-state index is 0.117. The van der Waals surface area contributed by atoms with Crippen LogP contribution in [0, 0.1) is 6.92 Å². The standard InChI is InChI=1S/C12H15N5O/c1-8-2-4-10-15-12(16-17(10)7-8)14-9-3-5-11(18)13-6-9/h2,4,7,9H,3,5-6H2,1H3,(H,13,18)(H,14,16). The van der Waals surface area contributed by atoms with Crippen LogP contribution in [0.1, 0.15) is 18.4 Å². The van der Waals surface area contributed by atoms with Gasteiger partial charge in [-0.3, -0.25) is 4.79 Å². The number of amides is 1. The molecule has 3 heterocycles. The lowest BCUT2D eigenvalue weighted by Crippen LogP contribution is -2.42. The SMILES string of the molecule is Cc1ccc2nc(NC3CCC(=O)NC3)nn2c1. The summed E-state index contributed by atoms with van der Waals surface area (Å²) in [7, 11) is 0. The Bertz CT molecular complexity index is 581. The predicted octanol–water partition coefficient (Wildman–Crippen LogP) is 0.728. The molecule has 1 saturated heterocycles. The van der Waals surface area contributed by atoms with E-state index in [0.717, 1.165) is 17.6 Å². The number of aryl methyl sites for hydroxylation is 1. The summed E-state index contributed by atoms with van der Waals surface area (Å²) < 4.78 is 1.76. The molecule has 0 bridgehead atoms. The van der Waals surface area contributed by atoms with Crippen molar-refractivity contribution in [2.45, 2.75) is 25.8 Å². The van der Waals surface area contributed by atoms with Crippen LogP contribution in [0.25, 0.3) is 5.65 Å². The fourth-order valence-corrected chi connectivity index (χ4v) is 2.09. The molecule has 0 saturated carbocycles. The van der Waals surface area contributed by atoms with Gasteiger partial charge in [-0.15, -0.1) is 5.10 Å². The molecule has 0 spiro atoms. The first kappa shape index (κ1) is 11.0. The second-order valence-corrected chi connectivity index (χ2v) is 4.63. The number of fused-ring (bicyclic) bond motifs is 1. The van der Waals surface area contributed by atoms with Crippen LogP contribution >= 0.6 is 0 Å². The molecule has 1 fully saturated rings. The van der Waals surface area contributed by atoms with E-state index in [2.05, 4.69) is 20.7 Å². The number of carbonyl (C=O) groups is 1. The van der Waals surface area contributed by atoms with Gasteiger partial charge in [-0.2, -0.15) is 4.98 Å². The molecule has 6 nitrogen and oxygen atoms in total. The maximum Gasteiger partial charge on any atom is 0.243 e. The number of nitrogens with zero attached hydrogens (tertiary/aromatic N) is 3. The molecule has 6 heteroatoms. The van der Waals surface area contributed by atoms with Crippen molar-refractivity contribution < 1.29 is 4.79 Å². The average molecular weight is 245 g/mol. The number of hydrogen-bond acceptors (Lipinski definition) is 4. The van der Waals surface area contributed by atoms with E-state index < -0.39 is 0 Å². The van der Waals surface area contributed by atoms with Crippen molar-refractivity contribution in [2.24, 2.45) is 0 Å². The van der Waals surface area contributed by atoms with Crippen LogP contribution in [0.5, 0.6) is 0 Å². The number of aromatic nitrogens is 3. The highest BCUT2D eigenvalue weighted by Gasteiger charge is 2.18. The summed E-state index contributed by atoms with van der Waals surface area (Å²) in [5, 5.41) is 10.5. The third kappa shape index (κ3) is 2.13. The van der Waals surface area contributed by atoms with Crippen molar-refractivity contribution in [2.75, 3.05) is 11.9 Å². The Balaban J connectivity index is 1.76. The van der Waals surface area contributed by atoms with E-state index in [9.17, 15) is 4.79 Å². The summed E-state index contributed by atoms with van der Waals surface area (Å²) >= 11 is 0. The minimum atomic E-state index is 0.117. The van der Waals surface area contributed by atoms with Gasteiger partial charge in [0.25, 0.3) is 0 Å². The van der Waals surface area contributed by atoms with Gasteiger partial charge in [-0.25, -0.2) is 4.52 Å². The van der Waals surface area contributed by atoms with E-state index in [1.54, 1.807) is 4.52 Å². The van der Waals surface area contributed by atoms with Crippen molar-refractivity contribution in [1.82, 2.24) is 19.9 Å². The summed E-state index contributed by atoms with van der Waals surface area (Å²) in [6.07, 6.45) is 3.32. The lowest BCUT2D eigenvalue weighted by Gasteiger charge is -2.22. The van der Waals surface area contributed by atoms with Gasteiger partial charge in [0.05, 0.1) is 0 Å². The Hall–Kier alpha value is -2.11. The van der Waals surface area contributed by atoms with Gasteiger partial charge in [-0.1, -0.05) is 6.07 Å². The summed E-state index contributed by atoms with van der Waals surface area (Å²) in [4.78, 5) is 15.5. The minimum Gasteiger partial charge on any atom is -0.354 e. The summed E-state index contributed by atoms with van der Waals surface area (Å²) in [5.41, 5.74) is 1.96. The number of nitrogens with one attached hydrogen (secondary N) is 2. The number of piperidine rings is 1. The van der Waals surface area contributed by atoms with Crippen molar-refractivity contribution in [3.8, 4) is 0 Å². The molecular weight excluding hydrogens is 230 g/mol. The molecule has 1 amide bonds. The Morgan fingerprint density at radius 3 is 3.17 bits per heavy atom. The molecule has 94 valence electrons. The normalized spacial score (nSPS) is 19.8. The Morgan fingerprint density at radius 1 is 1.50 bits per heavy atom. The molecular formula is C12H15N5O. The van der Waals surface area contributed by atoms with E-state index in [1.807, 2.05) is 25.3 Å². The molecule has 1 unspecified atom stereocenters. The lowest BCUT2D eigenvalue weighted by atomic mass is 10.1. The molecule has 2 aromatic heterocycles. The topological polar surface area (TPSA) is 71.3 Å². The third-order valence-corrected chi connectivity index (χ3v) is 3.08. The van der Waals surface area contributed by atoms with Crippen LogP contribution in [-0.2, 0) is 4.79 Å². The Kier molecular flexibility index (Phi) is 2.62. The first-order valence-electron chi connectivity index (χ1n) is 6.07. The van der Waals surface area contributed by atoms with Gasteiger partial charge in [-0.05, 0) is 25.0 Å². The van der Waals surface area contributed by atoms with Crippen molar-refractivity contribution in [3.05, 3.63) is 23.9 Å². The first-order valence-corrected chi connectivity index (χ1v) is 6.07. The van der Waals surface area contributed by atoms with E-state index >= 15 is 0 Å². The molecule has 0 aliphatic carbocycles. The summed E-state index contributed by atoms with van der Waals surface area (Å²) in [6, 6.07) is 4.16. The van der Waals surface area contributed by atoms with E-state index in [1.165, 1.54) is 0 Å². The highest BCUT2D eigenvalue weighted by Crippen LogP contribution is 2.11. The summed E-state index contributed by atoms with van der Waals surface area (Å²) in [6.45, 7) is 2.65. The maximum atomic E-state index is 11.1. The molecule has 3 rings (SSSR count). The van der Waals surface area contributed by atoms with Crippen LogP contribution in [0.3, 0.4) is 0 Å². The van der Waals surface area contributed by atoms with Crippen LogP contribution in [0.4, 0.5) is 5.95 Å². The molecule has 2 N–H and O–H groups in total. The van der Waals surface area contributed by atoms with E-state index in [-0.39, 0.29) is 11.9 Å². The highest BCUT2D eigenvalue weighted by molar-refractivity contribution is 5.76. The molecule has 1 aliphatic heterocycles. The predicted molar refractivity (Wildman–Crippen MR) is 67.4 cm³/mol. The van der Waals surface area contributed by atoms with Crippen LogP contribution in [-0.4, -0.2) is 33.1 Å². The zero-order chi connectivity index (χ0) is 12.5. The molecule has 2 aromatic rings. The van der Waals surface area contributed by atoms with Crippen LogP contribution in [0.2, 0.25) is 0 Å². The Labute approximate surface area is 104 Å². The Morgan fingerprint density at radius 2 is 2.39 bits per heavy atom. The number of hydrogen-bond donors (Lipinski definition) is 2. The number of carbonyl (C=O) groups excluding carboxylic acids is 1. The molecule has 0 aromatic carbocycles. The van der Waals surface area contributed by atoms with Crippen LogP contribution in [0.15, 0.2) is 18.3 Å². The van der Waals surface area contributed by atoms with E-state index in [4.69, 9.17) is 0 Å². The van der Waals surface area contributed by atoms with Gasteiger partial charge >= 0.3 is 0 Å². The third-order valence-electron chi connectivity index (χ3n) is 3.08. The zero-order valence-electron chi connectivity index (χ0n) is 10.2. The van der Waals surface area contributed by atoms with Crippen molar-refractivity contribution >= 4 is 17.5 Å². The average Bonchev–Trinajstić information content (AvgIpc) is 2.73. The first-order chi connectivity index (χ1) is 8.70. The monoisotopic (exact) mass is 245 g/mol. The fourth-order valence-electron chi connectivity index (χ4n) is 2.09.